The van der Waals surface area contributed by atoms with Crippen LogP contribution in [0.1, 0.15) is 26.3 Å². The molecular formula is C13H20FNO2. The van der Waals surface area contributed by atoms with E-state index in [9.17, 15) is 4.39 Å². The van der Waals surface area contributed by atoms with Crippen LogP contribution in [0.5, 0.6) is 5.75 Å². The van der Waals surface area contributed by atoms with Crippen molar-refractivity contribution in [3.63, 3.8) is 0 Å². The Labute approximate surface area is 102 Å². The second kappa shape index (κ2) is 5.98. The van der Waals surface area contributed by atoms with Gasteiger partial charge in [-0.3, -0.25) is 0 Å². The molecule has 1 aromatic carbocycles. The Morgan fingerprint density at radius 1 is 1.24 bits per heavy atom. The number of hydrogen-bond donors (Lipinski definition) is 1. The van der Waals surface area contributed by atoms with Gasteiger partial charge in [-0.05, 0) is 39.0 Å². The van der Waals surface area contributed by atoms with E-state index in [1.807, 2.05) is 20.8 Å². The highest BCUT2D eigenvalue weighted by atomic mass is 19.1. The summed E-state index contributed by atoms with van der Waals surface area (Å²) < 4.78 is 24.0. The fourth-order valence-electron chi connectivity index (χ4n) is 1.35. The highest BCUT2D eigenvalue weighted by Crippen LogP contribution is 2.19. The molecule has 3 nitrogen and oxygen atoms in total. The quantitative estimate of drug-likeness (QED) is 0.805. The first kappa shape index (κ1) is 13.9. The van der Waals surface area contributed by atoms with Gasteiger partial charge in [-0.2, -0.15) is 0 Å². The van der Waals surface area contributed by atoms with E-state index >= 15 is 0 Å². The molecule has 0 spiro atoms. The molecule has 2 N–H and O–H groups in total. The molecule has 0 aliphatic rings. The summed E-state index contributed by atoms with van der Waals surface area (Å²) in [4.78, 5) is 0. The third-order valence-electron chi connectivity index (χ3n) is 2.12. The van der Waals surface area contributed by atoms with Gasteiger partial charge in [-0.25, -0.2) is 4.39 Å². The van der Waals surface area contributed by atoms with Gasteiger partial charge in [0, 0.05) is 12.1 Å². The maximum absolute atomic E-state index is 12.9. The topological polar surface area (TPSA) is 44.5 Å². The Hall–Kier alpha value is -1.13. The Balaban J connectivity index is 2.46. The normalized spacial score (nSPS) is 11.6. The largest absolute Gasteiger partial charge is 0.491 e. The van der Waals surface area contributed by atoms with E-state index in [4.69, 9.17) is 15.2 Å². The lowest BCUT2D eigenvalue weighted by Gasteiger charge is -2.19. The number of halogens is 1. The Morgan fingerprint density at radius 3 is 2.53 bits per heavy atom. The molecule has 0 fully saturated rings. The summed E-state index contributed by atoms with van der Waals surface area (Å²) in [5, 5.41) is 0. The van der Waals surface area contributed by atoms with Gasteiger partial charge in [-0.15, -0.1) is 0 Å². The summed E-state index contributed by atoms with van der Waals surface area (Å²) >= 11 is 0. The molecule has 0 aromatic heterocycles. The molecule has 0 aliphatic heterocycles. The van der Waals surface area contributed by atoms with Crippen LogP contribution in [0.3, 0.4) is 0 Å². The van der Waals surface area contributed by atoms with Crippen LogP contribution in [0.4, 0.5) is 4.39 Å². The molecule has 17 heavy (non-hydrogen) atoms. The van der Waals surface area contributed by atoms with Gasteiger partial charge >= 0.3 is 0 Å². The van der Waals surface area contributed by atoms with Crippen LogP contribution in [0.2, 0.25) is 0 Å². The number of ether oxygens (including phenoxy) is 2. The predicted octanol–water partition coefficient (Wildman–Crippen LogP) is 2.48. The van der Waals surface area contributed by atoms with Gasteiger partial charge in [0.1, 0.15) is 18.2 Å². The Kier molecular flexibility index (Phi) is 4.90. The zero-order chi connectivity index (χ0) is 12.9. The smallest absolute Gasteiger partial charge is 0.124 e. The standard InChI is InChI=1S/C13H20FNO2/c1-13(2,3)17-7-6-16-12-5-4-11(14)8-10(12)9-15/h4-5,8H,6-7,9,15H2,1-3H3. The number of hydrogen-bond acceptors (Lipinski definition) is 3. The van der Waals surface area contributed by atoms with Crippen molar-refractivity contribution in [3.05, 3.63) is 29.6 Å². The molecule has 0 heterocycles. The summed E-state index contributed by atoms with van der Waals surface area (Å²) in [6.45, 7) is 7.12. The maximum Gasteiger partial charge on any atom is 0.124 e. The summed E-state index contributed by atoms with van der Waals surface area (Å²) in [5.41, 5.74) is 6.00. The van der Waals surface area contributed by atoms with Crippen molar-refractivity contribution < 1.29 is 13.9 Å². The van der Waals surface area contributed by atoms with Crippen LogP contribution in [0.15, 0.2) is 18.2 Å². The molecule has 0 aliphatic carbocycles. The lowest BCUT2D eigenvalue weighted by molar-refractivity contribution is -0.0163. The third-order valence-corrected chi connectivity index (χ3v) is 2.12. The predicted molar refractivity (Wildman–Crippen MR) is 65.5 cm³/mol. The number of rotatable bonds is 5. The van der Waals surface area contributed by atoms with Gasteiger partial charge in [0.15, 0.2) is 0 Å². The van der Waals surface area contributed by atoms with Gasteiger partial charge < -0.3 is 15.2 Å². The van der Waals surface area contributed by atoms with Crippen molar-refractivity contribution in [3.8, 4) is 5.75 Å². The van der Waals surface area contributed by atoms with Crippen LogP contribution in [0.25, 0.3) is 0 Å². The van der Waals surface area contributed by atoms with Crippen LogP contribution >= 0.6 is 0 Å². The van der Waals surface area contributed by atoms with Crippen molar-refractivity contribution in [2.24, 2.45) is 5.73 Å². The highest BCUT2D eigenvalue weighted by molar-refractivity contribution is 5.33. The molecule has 0 saturated heterocycles. The molecule has 1 aromatic rings. The van der Waals surface area contributed by atoms with Crippen molar-refractivity contribution >= 4 is 0 Å². The molecule has 96 valence electrons. The third kappa shape index (κ3) is 5.15. The summed E-state index contributed by atoms with van der Waals surface area (Å²) in [6, 6.07) is 4.34. The van der Waals surface area contributed by atoms with Gasteiger partial charge in [-0.1, -0.05) is 0 Å². The molecule has 0 bridgehead atoms. The lowest BCUT2D eigenvalue weighted by Crippen LogP contribution is -2.22. The van der Waals surface area contributed by atoms with E-state index in [2.05, 4.69) is 0 Å². The molecule has 0 unspecified atom stereocenters. The first-order valence-electron chi connectivity index (χ1n) is 5.67. The van der Waals surface area contributed by atoms with Crippen LogP contribution < -0.4 is 10.5 Å². The SMILES string of the molecule is CC(C)(C)OCCOc1ccc(F)cc1CN. The van der Waals surface area contributed by atoms with Crippen molar-refractivity contribution in [2.45, 2.75) is 32.9 Å². The minimum Gasteiger partial charge on any atom is -0.491 e. The number of nitrogens with two attached hydrogens (primary N) is 1. The van der Waals surface area contributed by atoms with Crippen molar-refractivity contribution in [1.29, 1.82) is 0 Å². The maximum atomic E-state index is 12.9. The van der Waals surface area contributed by atoms with E-state index in [-0.39, 0.29) is 18.0 Å². The van der Waals surface area contributed by atoms with Gasteiger partial charge in [0.25, 0.3) is 0 Å². The van der Waals surface area contributed by atoms with Crippen molar-refractivity contribution in [1.82, 2.24) is 0 Å². The second-order valence-electron chi connectivity index (χ2n) is 4.77. The molecule has 1 rings (SSSR count). The molecule has 0 atom stereocenters. The van der Waals surface area contributed by atoms with E-state index in [1.54, 1.807) is 6.07 Å². The number of benzene rings is 1. The van der Waals surface area contributed by atoms with E-state index in [0.717, 1.165) is 0 Å². The fourth-order valence-corrected chi connectivity index (χ4v) is 1.35. The first-order chi connectivity index (χ1) is 7.92. The van der Waals surface area contributed by atoms with E-state index in [0.29, 0.717) is 24.5 Å². The van der Waals surface area contributed by atoms with Crippen molar-refractivity contribution in [2.75, 3.05) is 13.2 Å². The van der Waals surface area contributed by atoms with Gasteiger partial charge in [0.2, 0.25) is 0 Å². The summed E-state index contributed by atoms with van der Waals surface area (Å²) in [6.07, 6.45) is 0. The average Bonchev–Trinajstić information content (AvgIpc) is 2.24. The first-order valence-corrected chi connectivity index (χ1v) is 5.67. The molecule has 0 amide bonds. The molecule has 0 saturated carbocycles. The van der Waals surface area contributed by atoms with Gasteiger partial charge in [0.05, 0.1) is 12.2 Å². The zero-order valence-electron chi connectivity index (χ0n) is 10.6. The van der Waals surface area contributed by atoms with E-state index < -0.39 is 0 Å². The van der Waals surface area contributed by atoms with Crippen LogP contribution in [-0.2, 0) is 11.3 Å². The van der Waals surface area contributed by atoms with Crippen LogP contribution in [-0.4, -0.2) is 18.8 Å². The van der Waals surface area contributed by atoms with Crippen LogP contribution in [0, 0.1) is 5.82 Å². The summed E-state index contributed by atoms with van der Waals surface area (Å²) in [5.74, 6) is 0.315. The molecule has 0 radical (unpaired) electrons. The minimum absolute atomic E-state index is 0.178. The average molecular weight is 241 g/mol. The monoisotopic (exact) mass is 241 g/mol. The lowest BCUT2D eigenvalue weighted by atomic mass is 10.2. The Morgan fingerprint density at radius 2 is 1.94 bits per heavy atom. The Bertz CT molecular complexity index is 361. The zero-order valence-corrected chi connectivity index (χ0v) is 10.6. The fraction of sp³-hybridized carbons (Fsp3) is 0.538. The molecular weight excluding hydrogens is 221 g/mol. The molecule has 4 heteroatoms. The highest BCUT2D eigenvalue weighted by Gasteiger charge is 2.10. The van der Waals surface area contributed by atoms with E-state index in [1.165, 1.54) is 12.1 Å². The minimum atomic E-state index is -0.302. The second-order valence-corrected chi connectivity index (χ2v) is 4.77. The summed E-state index contributed by atoms with van der Waals surface area (Å²) in [7, 11) is 0.